The Kier molecular flexibility index (Phi) is 5.28. The van der Waals surface area contributed by atoms with E-state index in [1.54, 1.807) is 0 Å². The molecule has 2 aliphatic rings. The monoisotopic (exact) mass is 288 g/mol. The Labute approximate surface area is 128 Å². The fourth-order valence-corrected chi connectivity index (χ4v) is 4.03. The molecule has 3 unspecified atom stereocenters. The van der Waals surface area contributed by atoms with Gasteiger partial charge in [0.05, 0.1) is 12.7 Å². The van der Waals surface area contributed by atoms with Gasteiger partial charge in [-0.15, -0.1) is 0 Å². The van der Waals surface area contributed by atoms with Crippen LogP contribution in [0, 0.1) is 0 Å². The van der Waals surface area contributed by atoms with Gasteiger partial charge in [0.2, 0.25) is 0 Å². The van der Waals surface area contributed by atoms with Crippen LogP contribution in [0.3, 0.4) is 0 Å². The van der Waals surface area contributed by atoms with Crippen LogP contribution in [0.2, 0.25) is 0 Å². The van der Waals surface area contributed by atoms with Crippen molar-refractivity contribution in [2.24, 2.45) is 0 Å². The maximum absolute atomic E-state index is 5.88. The summed E-state index contributed by atoms with van der Waals surface area (Å²) in [5.74, 6) is 0.702. The molecule has 3 atom stereocenters. The van der Waals surface area contributed by atoms with Crippen LogP contribution in [-0.4, -0.2) is 50.3 Å². The fraction of sp³-hybridized carbons (Fsp3) is 0.667. The van der Waals surface area contributed by atoms with Crippen molar-refractivity contribution in [3.8, 4) is 0 Å². The van der Waals surface area contributed by atoms with Crippen molar-refractivity contribution in [3.05, 3.63) is 35.9 Å². The Hall–Kier alpha value is -0.900. The lowest BCUT2D eigenvalue weighted by Crippen LogP contribution is -2.52. The second-order valence-corrected chi connectivity index (χ2v) is 6.41. The summed E-state index contributed by atoms with van der Waals surface area (Å²) in [6.07, 6.45) is 5.78. The summed E-state index contributed by atoms with van der Waals surface area (Å²) >= 11 is 0. The first kappa shape index (κ1) is 15.0. The summed E-state index contributed by atoms with van der Waals surface area (Å²) in [6.45, 7) is 4.01. The lowest BCUT2D eigenvalue weighted by molar-refractivity contribution is -0.0496. The highest BCUT2D eigenvalue weighted by Crippen LogP contribution is 2.36. The van der Waals surface area contributed by atoms with Crippen LogP contribution in [0.1, 0.15) is 37.2 Å². The second kappa shape index (κ2) is 7.39. The molecule has 3 rings (SSSR count). The van der Waals surface area contributed by atoms with Crippen molar-refractivity contribution >= 4 is 0 Å². The van der Waals surface area contributed by atoms with Gasteiger partial charge in [0.15, 0.2) is 0 Å². The number of hydrogen-bond donors (Lipinski definition) is 1. The molecular formula is C18H28N2O. The third-order valence-electron chi connectivity index (χ3n) is 5.03. The van der Waals surface area contributed by atoms with E-state index in [1.807, 2.05) is 7.05 Å². The second-order valence-electron chi connectivity index (χ2n) is 6.41. The average Bonchev–Trinajstić information content (AvgIpc) is 2.56. The molecule has 0 radical (unpaired) electrons. The van der Waals surface area contributed by atoms with Gasteiger partial charge in [0.1, 0.15) is 0 Å². The van der Waals surface area contributed by atoms with Gasteiger partial charge in [-0.3, -0.25) is 4.90 Å². The minimum Gasteiger partial charge on any atom is -0.374 e. The molecule has 21 heavy (non-hydrogen) atoms. The molecule has 116 valence electrons. The zero-order valence-electron chi connectivity index (χ0n) is 13.1. The summed E-state index contributed by atoms with van der Waals surface area (Å²) in [7, 11) is 2.01. The summed E-state index contributed by atoms with van der Waals surface area (Å²) in [4.78, 5) is 2.70. The molecular weight excluding hydrogens is 260 g/mol. The van der Waals surface area contributed by atoms with E-state index in [-0.39, 0.29) is 0 Å². The highest BCUT2D eigenvalue weighted by molar-refractivity contribution is 5.22. The minimum atomic E-state index is 0.349. The zero-order valence-corrected chi connectivity index (χ0v) is 13.1. The van der Waals surface area contributed by atoms with Gasteiger partial charge < -0.3 is 10.1 Å². The summed E-state index contributed by atoms with van der Waals surface area (Å²) in [6, 6.07) is 11.8. The first-order valence-electron chi connectivity index (χ1n) is 8.43. The van der Waals surface area contributed by atoms with Gasteiger partial charge in [-0.25, -0.2) is 0 Å². The molecule has 3 heteroatoms. The molecule has 1 aliphatic heterocycles. The van der Waals surface area contributed by atoms with Crippen LogP contribution >= 0.6 is 0 Å². The van der Waals surface area contributed by atoms with E-state index in [2.05, 4.69) is 40.5 Å². The highest BCUT2D eigenvalue weighted by atomic mass is 16.5. The molecule has 1 aliphatic carbocycles. The lowest BCUT2D eigenvalue weighted by atomic mass is 9.79. The Bertz CT molecular complexity index is 420. The van der Waals surface area contributed by atoms with E-state index < -0.39 is 0 Å². The number of hydrogen-bond acceptors (Lipinski definition) is 3. The molecule has 0 spiro atoms. The van der Waals surface area contributed by atoms with Crippen LogP contribution in [0.25, 0.3) is 0 Å². The van der Waals surface area contributed by atoms with Crippen LogP contribution in [-0.2, 0) is 4.74 Å². The Morgan fingerprint density at radius 1 is 1.19 bits per heavy atom. The topological polar surface area (TPSA) is 24.5 Å². The molecule has 1 saturated carbocycles. The van der Waals surface area contributed by atoms with E-state index >= 15 is 0 Å². The molecule has 2 fully saturated rings. The van der Waals surface area contributed by atoms with E-state index in [0.29, 0.717) is 18.1 Å². The predicted molar refractivity (Wildman–Crippen MR) is 86.7 cm³/mol. The summed E-state index contributed by atoms with van der Waals surface area (Å²) in [5.41, 5.74) is 1.53. The minimum absolute atomic E-state index is 0.349. The van der Waals surface area contributed by atoms with Crippen molar-refractivity contribution in [1.29, 1.82) is 0 Å². The Morgan fingerprint density at radius 2 is 2.00 bits per heavy atom. The number of benzene rings is 1. The Morgan fingerprint density at radius 3 is 2.81 bits per heavy atom. The number of morpholine rings is 1. The van der Waals surface area contributed by atoms with Crippen molar-refractivity contribution in [2.45, 2.75) is 43.7 Å². The van der Waals surface area contributed by atoms with Crippen molar-refractivity contribution in [1.82, 2.24) is 10.2 Å². The van der Waals surface area contributed by atoms with E-state index in [1.165, 1.54) is 31.2 Å². The Balaban J connectivity index is 1.72. The lowest BCUT2D eigenvalue weighted by Gasteiger charge is -2.44. The van der Waals surface area contributed by atoms with Crippen molar-refractivity contribution in [3.63, 3.8) is 0 Å². The highest BCUT2D eigenvalue weighted by Gasteiger charge is 2.33. The van der Waals surface area contributed by atoms with Gasteiger partial charge in [-0.1, -0.05) is 43.2 Å². The van der Waals surface area contributed by atoms with E-state index in [0.717, 1.165) is 26.2 Å². The zero-order chi connectivity index (χ0) is 14.5. The molecule has 1 saturated heterocycles. The van der Waals surface area contributed by atoms with Crippen LogP contribution in [0.5, 0.6) is 0 Å². The molecule has 1 aromatic carbocycles. The first-order chi connectivity index (χ1) is 10.4. The number of likely N-dealkylation sites (N-methyl/N-ethyl adjacent to an activating group) is 1. The molecule has 0 bridgehead atoms. The number of rotatable bonds is 4. The van der Waals surface area contributed by atoms with E-state index in [9.17, 15) is 0 Å². The molecule has 1 heterocycles. The molecule has 1 aromatic rings. The predicted octanol–water partition coefficient (Wildman–Crippen LogP) is 2.63. The molecule has 3 nitrogen and oxygen atoms in total. The van der Waals surface area contributed by atoms with Gasteiger partial charge in [0.25, 0.3) is 0 Å². The normalized spacial score (nSPS) is 31.2. The van der Waals surface area contributed by atoms with Crippen LogP contribution in [0.4, 0.5) is 0 Å². The average molecular weight is 288 g/mol. The molecule has 0 aromatic heterocycles. The van der Waals surface area contributed by atoms with Crippen LogP contribution < -0.4 is 5.32 Å². The standard InChI is InChI=1S/C18H28N2O/c1-19-13-16-14-20(11-12-21-16)18-10-6-5-9-17(18)15-7-3-2-4-8-15/h2-4,7-8,16-19H,5-6,9-14H2,1H3. The largest absolute Gasteiger partial charge is 0.374 e. The van der Waals surface area contributed by atoms with Gasteiger partial charge in [-0.2, -0.15) is 0 Å². The number of nitrogens with one attached hydrogen (secondary N) is 1. The summed E-state index contributed by atoms with van der Waals surface area (Å²) in [5, 5.41) is 3.25. The van der Waals surface area contributed by atoms with Gasteiger partial charge >= 0.3 is 0 Å². The quantitative estimate of drug-likeness (QED) is 0.922. The summed E-state index contributed by atoms with van der Waals surface area (Å²) < 4.78 is 5.88. The number of nitrogens with zero attached hydrogens (tertiary/aromatic N) is 1. The third kappa shape index (κ3) is 3.65. The fourth-order valence-electron chi connectivity index (χ4n) is 4.03. The van der Waals surface area contributed by atoms with Crippen LogP contribution in [0.15, 0.2) is 30.3 Å². The molecule has 1 N–H and O–H groups in total. The maximum atomic E-state index is 5.88. The van der Waals surface area contributed by atoms with E-state index in [4.69, 9.17) is 4.74 Å². The van der Waals surface area contributed by atoms with Gasteiger partial charge in [-0.05, 0) is 31.4 Å². The number of ether oxygens (including phenoxy) is 1. The smallest absolute Gasteiger partial charge is 0.0826 e. The van der Waals surface area contributed by atoms with Crippen molar-refractivity contribution in [2.75, 3.05) is 33.3 Å². The van der Waals surface area contributed by atoms with Crippen molar-refractivity contribution < 1.29 is 4.74 Å². The van der Waals surface area contributed by atoms with Gasteiger partial charge in [0, 0.05) is 25.7 Å². The maximum Gasteiger partial charge on any atom is 0.0826 e. The third-order valence-corrected chi connectivity index (χ3v) is 5.03. The first-order valence-corrected chi connectivity index (χ1v) is 8.43. The SMILES string of the molecule is CNCC1CN(C2CCCCC2c2ccccc2)CCO1. The molecule has 0 amide bonds.